The lowest BCUT2D eigenvalue weighted by molar-refractivity contribution is 0.444. The molecule has 1 aromatic heterocycles. The highest BCUT2D eigenvalue weighted by atomic mass is 16.3. The SMILES string of the molecule is CCNC(C)c1ccc(-c2cccc3c2CCCC3)o1. The topological polar surface area (TPSA) is 25.2 Å². The van der Waals surface area contributed by atoms with Gasteiger partial charge in [-0.3, -0.25) is 0 Å². The first kappa shape index (κ1) is 13.4. The Hall–Kier alpha value is -1.54. The van der Waals surface area contributed by atoms with Crippen LogP contribution in [0.25, 0.3) is 11.3 Å². The molecule has 1 aliphatic rings. The van der Waals surface area contributed by atoms with E-state index in [1.54, 1.807) is 0 Å². The number of hydrogen-bond acceptors (Lipinski definition) is 2. The highest BCUT2D eigenvalue weighted by Gasteiger charge is 2.17. The van der Waals surface area contributed by atoms with E-state index in [-0.39, 0.29) is 6.04 Å². The number of nitrogens with one attached hydrogen (secondary N) is 1. The summed E-state index contributed by atoms with van der Waals surface area (Å²) in [6.45, 7) is 5.22. The minimum absolute atomic E-state index is 0.272. The summed E-state index contributed by atoms with van der Waals surface area (Å²) in [4.78, 5) is 0. The second-order valence-electron chi connectivity index (χ2n) is 5.63. The van der Waals surface area contributed by atoms with E-state index in [0.29, 0.717) is 0 Å². The fourth-order valence-corrected chi connectivity index (χ4v) is 3.15. The Labute approximate surface area is 121 Å². The van der Waals surface area contributed by atoms with Crippen LogP contribution in [0.4, 0.5) is 0 Å². The number of furan rings is 1. The number of benzene rings is 1. The second kappa shape index (κ2) is 5.84. The zero-order chi connectivity index (χ0) is 13.9. The number of rotatable bonds is 4. The van der Waals surface area contributed by atoms with Gasteiger partial charge in [-0.15, -0.1) is 0 Å². The molecule has 20 heavy (non-hydrogen) atoms. The first-order valence-corrected chi connectivity index (χ1v) is 7.74. The van der Waals surface area contributed by atoms with Crippen LogP contribution in [-0.2, 0) is 12.8 Å². The molecule has 0 saturated heterocycles. The van der Waals surface area contributed by atoms with Gasteiger partial charge in [0, 0.05) is 5.56 Å². The summed E-state index contributed by atoms with van der Waals surface area (Å²) >= 11 is 0. The fourth-order valence-electron chi connectivity index (χ4n) is 3.15. The van der Waals surface area contributed by atoms with Crippen molar-refractivity contribution in [2.75, 3.05) is 6.54 Å². The van der Waals surface area contributed by atoms with Gasteiger partial charge in [0.15, 0.2) is 0 Å². The average Bonchev–Trinajstić information content (AvgIpc) is 2.97. The number of hydrogen-bond donors (Lipinski definition) is 1. The molecule has 1 aliphatic carbocycles. The fraction of sp³-hybridized carbons (Fsp3) is 0.444. The molecule has 1 heterocycles. The number of aryl methyl sites for hydroxylation is 1. The molecule has 2 aromatic rings. The van der Waals surface area contributed by atoms with Gasteiger partial charge in [0.05, 0.1) is 6.04 Å². The molecule has 106 valence electrons. The quantitative estimate of drug-likeness (QED) is 0.884. The lowest BCUT2D eigenvalue weighted by Gasteiger charge is -2.18. The van der Waals surface area contributed by atoms with Crippen molar-refractivity contribution in [3.05, 3.63) is 47.2 Å². The van der Waals surface area contributed by atoms with Crippen molar-refractivity contribution in [1.29, 1.82) is 0 Å². The minimum atomic E-state index is 0.272. The predicted octanol–water partition coefficient (Wildman–Crippen LogP) is 4.50. The van der Waals surface area contributed by atoms with Gasteiger partial charge in [0.2, 0.25) is 0 Å². The van der Waals surface area contributed by atoms with Crippen molar-refractivity contribution in [1.82, 2.24) is 5.32 Å². The summed E-state index contributed by atoms with van der Waals surface area (Å²) in [6, 6.07) is 11.1. The van der Waals surface area contributed by atoms with E-state index < -0.39 is 0 Å². The Morgan fingerprint density at radius 2 is 2.00 bits per heavy atom. The minimum Gasteiger partial charge on any atom is -0.459 e. The molecule has 2 nitrogen and oxygen atoms in total. The zero-order valence-electron chi connectivity index (χ0n) is 12.4. The second-order valence-corrected chi connectivity index (χ2v) is 5.63. The van der Waals surface area contributed by atoms with Gasteiger partial charge in [-0.25, -0.2) is 0 Å². The molecule has 0 bridgehead atoms. The first-order chi connectivity index (χ1) is 9.79. The smallest absolute Gasteiger partial charge is 0.134 e. The summed E-state index contributed by atoms with van der Waals surface area (Å²) in [5.74, 6) is 2.04. The van der Waals surface area contributed by atoms with Crippen LogP contribution in [0, 0.1) is 0 Å². The van der Waals surface area contributed by atoms with Crippen LogP contribution >= 0.6 is 0 Å². The third-order valence-corrected chi connectivity index (χ3v) is 4.23. The van der Waals surface area contributed by atoms with Crippen molar-refractivity contribution in [2.24, 2.45) is 0 Å². The molecular weight excluding hydrogens is 246 g/mol. The summed E-state index contributed by atoms with van der Waals surface area (Å²) in [7, 11) is 0. The van der Waals surface area contributed by atoms with Crippen LogP contribution in [0.3, 0.4) is 0 Å². The van der Waals surface area contributed by atoms with Gasteiger partial charge in [0.1, 0.15) is 11.5 Å². The van der Waals surface area contributed by atoms with Crippen LogP contribution < -0.4 is 5.32 Å². The van der Waals surface area contributed by atoms with Crippen LogP contribution in [-0.4, -0.2) is 6.54 Å². The zero-order valence-corrected chi connectivity index (χ0v) is 12.4. The monoisotopic (exact) mass is 269 g/mol. The van der Waals surface area contributed by atoms with Crippen molar-refractivity contribution in [3.63, 3.8) is 0 Å². The van der Waals surface area contributed by atoms with Crippen molar-refractivity contribution in [2.45, 2.75) is 45.6 Å². The Morgan fingerprint density at radius 1 is 1.15 bits per heavy atom. The molecule has 0 aliphatic heterocycles. The normalized spacial score (nSPS) is 15.9. The van der Waals surface area contributed by atoms with Gasteiger partial charge in [-0.1, -0.05) is 25.1 Å². The molecule has 3 rings (SSSR count). The summed E-state index contributed by atoms with van der Waals surface area (Å²) < 4.78 is 6.09. The van der Waals surface area contributed by atoms with E-state index in [9.17, 15) is 0 Å². The van der Waals surface area contributed by atoms with Crippen molar-refractivity contribution < 1.29 is 4.42 Å². The molecule has 0 spiro atoms. The molecule has 1 atom stereocenters. The van der Waals surface area contributed by atoms with E-state index in [1.165, 1.54) is 42.4 Å². The third-order valence-electron chi connectivity index (χ3n) is 4.23. The van der Waals surface area contributed by atoms with Gasteiger partial charge in [-0.05, 0) is 62.4 Å². The summed E-state index contributed by atoms with van der Waals surface area (Å²) in [5, 5.41) is 3.40. The van der Waals surface area contributed by atoms with E-state index >= 15 is 0 Å². The Morgan fingerprint density at radius 3 is 2.85 bits per heavy atom. The van der Waals surface area contributed by atoms with Crippen LogP contribution in [0.1, 0.15) is 49.6 Å². The largest absolute Gasteiger partial charge is 0.459 e. The van der Waals surface area contributed by atoms with Crippen molar-refractivity contribution in [3.8, 4) is 11.3 Å². The molecule has 0 fully saturated rings. The average molecular weight is 269 g/mol. The van der Waals surface area contributed by atoms with Crippen LogP contribution in [0.2, 0.25) is 0 Å². The van der Waals surface area contributed by atoms with Crippen LogP contribution in [0.5, 0.6) is 0 Å². The van der Waals surface area contributed by atoms with E-state index in [1.807, 2.05) is 0 Å². The van der Waals surface area contributed by atoms with Gasteiger partial charge < -0.3 is 9.73 Å². The third kappa shape index (κ3) is 2.53. The Balaban J connectivity index is 1.94. The Kier molecular flexibility index (Phi) is 3.93. The lowest BCUT2D eigenvalue weighted by Crippen LogP contribution is -2.16. The first-order valence-electron chi connectivity index (χ1n) is 7.74. The standard InChI is InChI=1S/C18H23NO/c1-3-19-13(2)17-11-12-18(20-17)16-10-6-8-14-7-4-5-9-15(14)16/h6,8,10-13,19H,3-5,7,9H2,1-2H3. The van der Waals surface area contributed by atoms with E-state index in [2.05, 4.69) is 49.5 Å². The molecule has 1 N–H and O–H groups in total. The highest BCUT2D eigenvalue weighted by Crippen LogP contribution is 2.33. The molecule has 0 radical (unpaired) electrons. The predicted molar refractivity (Wildman–Crippen MR) is 82.9 cm³/mol. The summed E-state index contributed by atoms with van der Waals surface area (Å²) in [5.41, 5.74) is 4.29. The van der Waals surface area contributed by atoms with Gasteiger partial charge >= 0.3 is 0 Å². The van der Waals surface area contributed by atoms with E-state index in [0.717, 1.165) is 18.1 Å². The molecule has 1 unspecified atom stereocenters. The highest BCUT2D eigenvalue weighted by molar-refractivity contribution is 5.64. The molecule has 2 heteroatoms. The number of fused-ring (bicyclic) bond motifs is 1. The van der Waals surface area contributed by atoms with Crippen molar-refractivity contribution >= 4 is 0 Å². The maximum Gasteiger partial charge on any atom is 0.134 e. The molecule has 0 saturated carbocycles. The van der Waals surface area contributed by atoms with Gasteiger partial charge in [-0.2, -0.15) is 0 Å². The molecular formula is C18H23NO. The van der Waals surface area contributed by atoms with Gasteiger partial charge in [0.25, 0.3) is 0 Å². The van der Waals surface area contributed by atoms with Crippen LogP contribution in [0.15, 0.2) is 34.7 Å². The summed E-state index contributed by atoms with van der Waals surface area (Å²) in [6.07, 6.45) is 5.01. The maximum atomic E-state index is 6.09. The maximum absolute atomic E-state index is 6.09. The Bertz CT molecular complexity index is 585. The lowest BCUT2D eigenvalue weighted by atomic mass is 9.87. The molecule has 0 amide bonds. The van der Waals surface area contributed by atoms with E-state index in [4.69, 9.17) is 4.42 Å². The molecule has 1 aromatic carbocycles.